The molecule has 0 heterocycles. The van der Waals surface area contributed by atoms with Crippen LogP contribution in [0.15, 0.2) is 0 Å². The van der Waals surface area contributed by atoms with Gasteiger partial charge in [0.25, 0.3) is 0 Å². The Bertz CT molecular complexity index is 863. The number of rotatable bonds is 7. The summed E-state index contributed by atoms with van der Waals surface area (Å²) in [5.74, 6) is 2.10. The Balaban J connectivity index is 1.40. The van der Waals surface area contributed by atoms with Crippen molar-refractivity contribution in [1.29, 1.82) is 0 Å². The second-order valence-corrected chi connectivity index (χ2v) is 14.0. The number of hydrogen-bond donors (Lipinski definition) is 3. The molecule has 4 fully saturated rings. The van der Waals surface area contributed by atoms with Crippen molar-refractivity contribution < 1.29 is 28.0 Å². The van der Waals surface area contributed by atoms with Crippen molar-refractivity contribution in [2.24, 2.45) is 46.3 Å². The lowest BCUT2D eigenvalue weighted by molar-refractivity contribution is -0.174. The number of nitrogens with one attached hydrogen (secondary N) is 1. The van der Waals surface area contributed by atoms with Gasteiger partial charge in [0.2, 0.25) is 5.91 Å². The lowest BCUT2D eigenvalue weighted by Crippen LogP contribution is -2.58. The summed E-state index contributed by atoms with van der Waals surface area (Å²) in [5, 5.41) is 24.4. The number of aliphatic hydroxyl groups excluding tert-OH is 2. The molecule has 1 amide bonds. The van der Waals surface area contributed by atoms with Gasteiger partial charge in [-0.25, -0.2) is 8.42 Å². The van der Waals surface area contributed by atoms with Crippen molar-refractivity contribution in [3.63, 3.8) is 0 Å². The van der Waals surface area contributed by atoms with Crippen LogP contribution in [-0.4, -0.2) is 53.6 Å². The van der Waals surface area contributed by atoms with E-state index in [-0.39, 0.29) is 41.4 Å². The summed E-state index contributed by atoms with van der Waals surface area (Å²) in [4.78, 5) is 12.2. The topological polar surface area (TPSA) is 127 Å². The van der Waals surface area contributed by atoms with Gasteiger partial charge >= 0.3 is 0 Å². The van der Waals surface area contributed by atoms with Gasteiger partial charge in [-0.2, -0.15) is 0 Å². The molecule has 0 aromatic heterocycles. The van der Waals surface area contributed by atoms with E-state index in [1.165, 1.54) is 12.8 Å². The standard InChI is InChI=1S/C26H45NO6S/c1-16(4-9-24(30)27-12-13-34(31,32)33)20-7-8-21-19-6-5-17-14-18(28)10-11-25(17,2)22(19)15-23(29)26(20,21)3/h16-23,28-29H,4-15H2,1-3H3,(H,27,30)(H,31,32,33)/p-1/t16-,17-,18+,19+,20+,21+,22+,23-,25+,26-/m1/s1. The predicted molar refractivity (Wildman–Crippen MR) is 129 cm³/mol. The van der Waals surface area contributed by atoms with Crippen molar-refractivity contribution >= 4 is 16.0 Å². The molecule has 0 unspecified atom stereocenters. The fourth-order valence-electron chi connectivity index (χ4n) is 9.12. The Kier molecular flexibility index (Phi) is 7.47. The Labute approximate surface area is 205 Å². The van der Waals surface area contributed by atoms with Gasteiger partial charge in [0.05, 0.1) is 28.1 Å². The van der Waals surface area contributed by atoms with E-state index in [2.05, 4.69) is 26.1 Å². The second-order valence-electron chi connectivity index (χ2n) is 12.5. The number of hydrogen-bond acceptors (Lipinski definition) is 6. The molecule has 4 aliphatic rings. The molecule has 0 radical (unpaired) electrons. The maximum Gasteiger partial charge on any atom is 0.220 e. The number of fused-ring (bicyclic) bond motifs is 5. The minimum Gasteiger partial charge on any atom is -0.748 e. The van der Waals surface area contributed by atoms with Crippen LogP contribution in [0.2, 0.25) is 0 Å². The van der Waals surface area contributed by atoms with Crippen molar-refractivity contribution in [3.05, 3.63) is 0 Å². The van der Waals surface area contributed by atoms with E-state index in [4.69, 9.17) is 0 Å². The van der Waals surface area contributed by atoms with Crippen molar-refractivity contribution in [1.82, 2.24) is 5.32 Å². The molecule has 4 saturated carbocycles. The molecule has 34 heavy (non-hydrogen) atoms. The summed E-state index contributed by atoms with van der Waals surface area (Å²) in [6.45, 7) is 6.78. The third-order valence-corrected chi connectivity index (χ3v) is 11.7. The van der Waals surface area contributed by atoms with Crippen LogP contribution in [0.5, 0.6) is 0 Å². The van der Waals surface area contributed by atoms with Crippen molar-refractivity contribution in [2.45, 2.75) is 97.2 Å². The molecule has 0 aromatic rings. The quantitative estimate of drug-likeness (QED) is 0.463. The summed E-state index contributed by atoms with van der Waals surface area (Å²) in [7, 11) is -4.32. The number of carbonyl (C=O) groups excluding carboxylic acids is 1. The highest BCUT2D eigenvalue weighted by atomic mass is 32.2. The Morgan fingerprint density at radius 3 is 2.53 bits per heavy atom. The number of carbonyl (C=O) groups is 1. The van der Waals surface area contributed by atoms with Crippen LogP contribution in [0.3, 0.4) is 0 Å². The van der Waals surface area contributed by atoms with Crippen LogP contribution in [0.1, 0.15) is 85.0 Å². The monoisotopic (exact) mass is 498 g/mol. The van der Waals surface area contributed by atoms with Crippen LogP contribution in [-0.2, 0) is 14.9 Å². The fraction of sp³-hybridized carbons (Fsp3) is 0.962. The van der Waals surface area contributed by atoms with Gasteiger partial charge in [0.15, 0.2) is 0 Å². The van der Waals surface area contributed by atoms with E-state index in [1.807, 2.05) is 0 Å². The molecule has 0 saturated heterocycles. The van der Waals surface area contributed by atoms with Crippen molar-refractivity contribution in [3.8, 4) is 0 Å². The molecule has 4 rings (SSSR count). The molecule has 0 bridgehead atoms. The molecular formula is C26H44NO6S-. The summed E-state index contributed by atoms with van der Waals surface area (Å²) < 4.78 is 32.2. The number of amides is 1. The molecule has 0 aliphatic heterocycles. The van der Waals surface area contributed by atoms with Gasteiger partial charge in [-0.3, -0.25) is 4.79 Å². The average molecular weight is 499 g/mol. The molecular weight excluding hydrogens is 454 g/mol. The Morgan fingerprint density at radius 2 is 1.82 bits per heavy atom. The maximum absolute atomic E-state index is 12.2. The first kappa shape index (κ1) is 26.4. The minimum atomic E-state index is -4.32. The Hall–Kier alpha value is -0.700. The maximum atomic E-state index is 12.2. The van der Waals surface area contributed by atoms with E-state index in [0.29, 0.717) is 42.4 Å². The molecule has 4 aliphatic carbocycles. The molecule has 0 spiro atoms. The fourth-order valence-corrected chi connectivity index (χ4v) is 9.48. The van der Waals surface area contributed by atoms with E-state index >= 15 is 0 Å². The van der Waals surface area contributed by atoms with Gasteiger partial charge in [-0.15, -0.1) is 0 Å². The third kappa shape index (κ3) is 4.81. The minimum absolute atomic E-state index is 0.134. The molecule has 0 aromatic carbocycles. The largest absolute Gasteiger partial charge is 0.748 e. The van der Waals surface area contributed by atoms with Crippen LogP contribution in [0.4, 0.5) is 0 Å². The molecule has 8 heteroatoms. The first-order chi connectivity index (χ1) is 15.9. The second kappa shape index (κ2) is 9.64. The SMILES string of the molecule is C[C@H](CCC(=O)NCCS(=O)(=O)[O-])[C@@H]1CC[C@H]2[C@@H]3CC[C@@H]4C[C@@H](O)CC[C@]4(C)[C@H]3C[C@@H](O)[C@@]21C. The zero-order valence-electron chi connectivity index (χ0n) is 21.0. The lowest BCUT2D eigenvalue weighted by Gasteiger charge is -2.62. The normalized spacial score (nSPS) is 45.1. The van der Waals surface area contributed by atoms with E-state index in [1.54, 1.807) is 0 Å². The van der Waals surface area contributed by atoms with E-state index in [9.17, 15) is 28.0 Å². The summed E-state index contributed by atoms with van der Waals surface area (Å²) >= 11 is 0. The molecule has 7 nitrogen and oxygen atoms in total. The van der Waals surface area contributed by atoms with Crippen LogP contribution in [0.25, 0.3) is 0 Å². The predicted octanol–water partition coefficient (Wildman–Crippen LogP) is 3.05. The van der Waals surface area contributed by atoms with Crippen LogP contribution in [0, 0.1) is 46.3 Å². The molecule has 196 valence electrons. The zero-order chi connectivity index (χ0) is 24.9. The smallest absolute Gasteiger partial charge is 0.220 e. The van der Waals surface area contributed by atoms with Gasteiger partial charge in [-0.05, 0) is 104 Å². The summed E-state index contributed by atoms with van der Waals surface area (Å²) in [5.41, 5.74) is 0.0922. The first-order valence-electron chi connectivity index (χ1n) is 13.4. The van der Waals surface area contributed by atoms with Gasteiger partial charge in [-0.1, -0.05) is 20.8 Å². The van der Waals surface area contributed by atoms with Gasteiger partial charge < -0.3 is 20.1 Å². The first-order valence-corrected chi connectivity index (χ1v) is 15.0. The lowest BCUT2D eigenvalue weighted by atomic mass is 9.43. The van der Waals surface area contributed by atoms with Crippen LogP contribution >= 0.6 is 0 Å². The highest BCUT2D eigenvalue weighted by Gasteiger charge is 2.63. The van der Waals surface area contributed by atoms with Crippen LogP contribution < -0.4 is 5.32 Å². The van der Waals surface area contributed by atoms with E-state index < -0.39 is 15.9 Å². The molecule has 3 N–H and O–H groups in total. The zero-order valence-corrected chi connectivity index (χ0v) is 21.9. The summed E-state index contributed by atoms with van der Waals surface area (Å²) in [6, 6.07) is 0. The highest BCUT2D eigenvalue weighted by molar-refractivity contribution is 7.85. The van der Waals surface area contributed by atoms with E-state index in [0.717, 1.165) is 38.5 Å². The Morgan fingerprint density at radius 1 is 1.09 bits per heavy atom. The van der Waals surface area contributed by atoms with Crippen molar-refractivity contribution in [2.75, 3.05) is 12.3 Å². The summed E-state index contributed by atoms with van der Waals surface area (Å²) in [6.07, 6.45) is 8.85. The third-order valence-electron chi connectivity index (χ3n) is 11.0. The highest BCUT2D eigenvalue weighted by Crippen LogP contribution is 2.68. The average Bonchev–Trinajstić information content (AvgIpc) is 3.11. The van der Waals surface area contributed by atoms with Gasteiger partial charge in [0, 0.05) is 13.0 Å². The number of aliphatic hydroxyl groups is 2. The molecule has 10 atom stereocenters. The van der Waals surface area contributed by atoms with Gasteiger partial charge in [0.1, 0.15) is 0 Å².